The van der Waals surface area contributed by atoms with Crippen molar-refractivity contribution in [3.8, 4) is 0 Å². The van der Waals surface area contributed by atoms with E-state index < -0.39 is 0 Å². The van der Waals surface area contributed by atoms with Crippen molar-refractivity contribution in [1.29, 1.82) is 0 Å². The quantitative estimate of drug-likeness (QED) is 0.334. The van der Waals surface area contributed by atoms with Gasteiger partial charge >= 0.3 is 5.97 Å². The van der Waals surface area contributed by atoms with Gasteiger partial charge in [-0.2, -0.15) is 0 Å². The van der Waals surface area contributed by atoms with Crippen LogP contribution in [0.5, 0.6) is 0 Å². The summed E-state index contributed by atoms with van der Waals surface area (Å²) in [5.74, 6) is -0.340. The third-order valence-corrected chi connectivity index (χ3v) is 3.72. The maximum Gasteiger partial charge on any atom is 0.319 e. The van der Waals surface area contributed by atoms with Gasteiger partial charge in [-0.3, -0.25) is 9.59 Å². The van der Waals surface area contributed by atoms with Crippen LogP contribution in [-0.2, 0) is 9.53 Å². The van der Waals surface area contributed by atoms with Crippen molar-refractivity contribution in [3.63, 3.8) is 0 Å². The molecule has 1 aromatic carbocycles. The van der Waals surface area contributed by atoms with E-state index in [4.69, 9.17) is 16.3 Å². The molecule has 0 aliphatic carbocycles. The van der Waals surface area contributed by atoms with Crippen molar-refractivity contribution in [1.82, 2.24) is 0 Å². The Hall–Kier alpha value is -1.00. The summed E-state index contributed by atoms with van der Waals surface area (Å²) in [5, 5.41) is -0.263. The number of hydrogen-bond donors (Lipinski definition) is 0. The lowest BCUT2D eigenvalue weighted by atomic mass is 10.1. The number of carbonyl (C=O) groups is 2. The van der Waals surface area contributed by atoms with E-state index in [0.29, 0.717) is 12.2 Å². The van der Waals surface area contributed by atoms with Crippen LogP contribution in [0.2, 0.25) is 0 Å². The van der Waals surface area contributed by atoms with Crippen molar-refractivity contribution >= 4 is 35.1 Å². The third-order valence-electron chi connectivity index (χ3n) is 2.39. The molecule has 104 valence electrons. The molecule has 1 atom stereocenters. The first-order chi connectivity index (χ1) is 9.08. The molecule has 19 heavy (non-hydrogen) atoms. The Morgan fingerprint density at radius 1 is 1.32 bits per heavy atom. The van der Waals surface area contributed by atoms with Crippen molar-refractivity contribution in [3.05, 3.63) is 29.8 Å². The highest BCUT2D eigenvalue weighted by atomic mass is 35.5. The van der Waals surface area contributed by atoms with E-state index in [9.17, 15) is 9.59 Å². The molecule has 0 heterocycles. The van der Waals surface area contributed by atoms with Gasteiger partial charge in [0.15, 0.2) is 5.78 Å². The van der Waals surface area contributed by atoms with Gasteiger partial charge < -0.3 is 4.74 Å². The minimum Gasteiger partial charge on any atom is -0.465 e. The molecule has 0 radical (unpaired) electrons. The predicted octanol–water partition coefficient (Wildman–Crippen LogP) is 3.54. The zero-order chi connectivity index (χ0) is 14.3. The Kier molecular flexibility index (Phi) is 6.95. The maximum atomic E-state index is 11.6. The van der Waals surface area contributed by atoms with E-state index in [2.05, 4.69) is 0 Å². The number of alkyl halides is 1. The van der Waals surface area contributed by atoms with Gasteiger partial charge in [0, 0.05) is 10.5 Å². The van der Waals surface area contributed by atoms with Crippen LogP contribution in [0.25, 0.3) is 0 Å². The predicted molar refractivity (Wildman–Crippen MR) is 78.1 cm³/mol. The van der Waals surface area contributed by atoms with Crippen LogP contribution < -0.4 is 0 Å². The van der Waals surface area contributed by atoms with Gasteiger partial charge in [0.1, 0.15) is 5.25 Å². The number of benzene rings is 1. The fourth-order valence-corrected chi connectivity index (χ4v) is 2.39. The largest absolute Gasteiger partial charge is 0.465 e. The highest BCUT2D eigenvalue weighted by molar-refractivity contribution is 8.00. The zero-order valence-electron chi connectivity index (χ0n) is 11.0. The Morgan fingerprint density at radius 3 is 2.47 bits per heavy atom. The van der Waals surface area contributed by atoms with Gasteiger partial charge in [0.2, 0.25) is 0 Å². The molecule has 1 rings (SSSR count). The van der Waals surface area contributed by atoms with Gasteiger partial charge in [0.05, 0.1) is 12.5 Å². The fourth-order valence-electron chi connectivity index (χ4n) is 1.37. The third kappa shape index (κ3) is 5.25. The minimum atomic E-state index is -0.263. The van der Waals surface area contributed by atoms with Crippen molar-refractivity contribution in [2.75, 3.05) is 12.5 Å². The molecular formula is C14H17ClO3S. The van der Waals surface area contributed by atoms with Crippen molar-refractivity contribution in [2.45, 2.75) is 30.4 Å². The molecule has 0 saturated heterocycles. The molecule has 0 spiro atoms. The molecule has 0 amide bonds. The monoisotopic (exact) mass is 300 g/mol. The number of esters is 1. The van der Waals surface area contributed by atoms with Gasteiger partial charge in [-0.25, -0.2) is 0 Å². The molecule has 5 heteroatoms. The number of ether oxygens (including phenoxy) is 1. The van der Waals surface area contributed by atoms with Crippen LogP contribution in [0.4, 0.5) is 0 Å². The molecular weight excluding hydrogens is 284 g/mol. The summed E-state index contributed by atoms with van der Waals surface area (Å²) < 4.78 is 5.07. The molecule has 1 unspecified atom stereocenters. The van der Waals surface area contributed by atoms with E-state index in [1.54, 1.807) is 19.1 Å². The number of ketones is 1. The summed E-state index contributed by atoms with van der Waals surface area (Å²) in [6.07, 6.45) is 0.818. The standard InChI is InChI=1S/C14H17ClO3S/c1-3-8-18-14(17)10(2)19-12-6-4-11(5-7-12)13(16)9-15/h4-7,10H,3,8-9H2,1-2H3. The van der Waals surface area contributed by atoms with E-state index in [1.165, 1.54) is 11.8 Å². The summed E-state index contributed by atoms with van der Waals surface area (Å²) in [6, 6.07) is 7.07. The molecule has 0 aliphatic rings. The summed E-state index contributed by atoms with van der Waals surface area (Å²) in [7, 11) is 0. The average Bonchev–Trinajstić information content (AvgIpc) is 2.44. The molecule has 0 aromatic heterocycles. The summed E-state index contributed by atoms with van der Waals surface area (Å²) >= 11 is 6.90. The van der Waals surface area contributed by atoms with E-state index >= 15 is 0 Å². The summed E-state index contributed by atoms with van der Waals surface area (Å²) in [5.41, 5.74) is 0.584. The van der Waals surface area contributed by atoms with Crippen molar-refractivity contribution < 1.29 is 14.3 Å². The number of carbonyl (C=O) groups excluding carboxylic acids is 2. The van der Waals surface area contributed by atoms with E-state index in [1.807, 2.05) is 19.1 Å². The Morgan fingerprint density at radius 2 is 1.95 bits per heavy atom. The smallest absolute Gasteiger partial charge is 0.319 e. The number of Topliss-reactive ketones (excluding diaryl/α,β-unsaturated/α-hetero) is 1. The summed E-state index contributed by atoms with van der Waals surface area (Å²) in [6.45, 7) is 4.21. The van der Waals surface area contributed by atoms with Crippen LogP contribution in [0.1, 0.15) is 30.6 Å². The second kappa shape index (κ2) is 8.23. The Bertz CT molecular complexity index is 431. The Labute approximate surface area is 122 Å². The van der Waals surface area contributed by atoms with Crippen LogP contribution in [0.15, 0.2) is 29.2 Å². The highest BCUT2D eigenvalue weighted by Crippen LogP contribution is 2.24. The van der Waals surface area contributed by atoms with Crippen LogP contribution in [0, 0.1) is 0 Å². The fraction of sp³-hybridized carbons (Fsp3) is 0.429. The molecule has 0 bridgehead atoms. The summed E-state index contributed by atoms with van der Waals surface area (Å²) in [4.78, 5) is 23.9. The first-order valence-electron chi connectivity index (χ1n) is 6.11. The number of thioether (sulfide) groups is 1. The lowest BCUT2D eigenvalue weighted by molar-refractivity contribution is -0.142. The molecule has 3 nitrogen and oxygen atoms in total. The first kappa shape index (κ1) is 16.1. The molecule has 0 aliphatic heterocycles. The number of rotatable bonds is 7. The first-order valence-corrected chi connectivity index (χ1v) is 7.52. The van der Waals surface area contributed by atoms with Gasteiger partial charge in [-0.05, 0) is 25.5 Å². The van der Waals surface area contributed by atoms with Gasteiger partial charge in [0.25, 0.3) is 0 Å². The van der Waals surface area contributed by atoms with Gasteiger partial charge in [-0.15, -0.1) is 23.4 Å². The SMILES string of the molecule is CCCOC(=O)C(C)Sc1ccc(C(=O)CCl)cc1. The molecule has 0 saturated carbocycles. The second-order valence-electron chi connectivity index (χ2n) is 4.01. The molecule has 0 fully saturated rings. The molecule has 1 aromatic rings. The molecule has 0 N–H and O–H groups in total. The van der Waals surface area contributed by atoms with Crippen LogP contribution in [-0.4, -0.2) is 29.5 Å². The maximum absolute atomic E-state index is 11.6. The second-order valence-corrected chi connectivity index (χ2v) is 5.69. The number of halogens is 1. The highest BCUT2D eigenvalue weighted by Gasteiger charge is 2.15. The van der Waals surface area contributed by atoms with E-state index in [0.717, 1.165) is 11.3 Å². The minimum absolute atomic E-state index is 0.0216. The average molecular weight is 301 g/mol. The topological polar surface area (TPSA) is 43.4 Å². The van der Waals surface area contributed by atoms with Crippen LogP contribution in [0.3, 0.4) is 0 Å². The normalized spacial score (nSPS) is 11.9. The lowest BCUT2D eigenvalue weighted by Gasteiger charge is -2.10. The Balaban J connectivity index is 2.57. The van der Waals surface area contributed by atoms with Gasteiger partial charge in [-0.1, -0.05) is 19.1 Å². The van der Waals surface area contributed by atoms with Crippen LogP contribution >= 0.6 is 23.4 Å². The van der Waals surface area contributed by atoms with Crippen molar-refractivity contribution in [2.24, 2.45) is 0 Å². The number of hydrogen-bond acceptors (Lipinski definition) is 4. The van der Waals surface area contributed by atoms with E-state index in [-0.39, 0.29) is 22.9 Å². The lowest BCUT2D eigenvalue weighted by Crippen LogP contribution is -2.17. The zero-order valence-corrected chi connectivity index (χ0v) is 12.6.